The van der Waals surface area contributed by atoms with Crippen LogP contribution < -0.4 is 16.5 Å². The highest BCUT2D eigenvalue weighted by atomic mass is 35.5. The number of nitrogens with one attached hydrogen (secondary N) is 2. The molecular weight excluding hydrogens is 380 g/mol. The Morgan fingerprint density at radius 2 is 2.00 bits per heavy atom. The Kier molecular flexibility index (Phi) is 17.7. The SMILES string of the molecule is CC.CS.N/N=C\C=NCCNCC(=O)Nc1ccc(C(=O)O)nc1Cl. The first-order valence-corrected chi connectivity index (χ1v) is 8.88. The molecule has 0 atom stereocenters. The molecule has 0 saturated carbocycles. The number of rotatable bonds is 8. The number of carboxylic acids is 1. The van der Waals surface area contributed by atoms with E-state index in [9.17, 15) is 9.59 Å². The summed E-state index contributed by atoms with van der Waals surface area (Å²) < 4.78 is 0. The van der Waals surface area contributed by atoms with Crippen LogP contribution in [0.1, 0.15) is 24.3 Å². The summed E-state index contributed by atoms with van der Waals surface area (Å²) in [6.45, 7) is 5.01. The zero-order chi connectivity index (χ0) is 20.4. The van der Waals surface area contributed by atoms with Crippen LogP contribution in [0.15, 0.2) is 22.2 Å². The molecule has 26 heavy (non-hydrogen) atoms. The Hall–Kier alpha value is -2.17. The molecule has 0 bridgehead atoms. The van der Waals surface area contributed by atoms with Gasteiger partial charge in [-0.05, 0) is 18.4 Å². The van der Waals surface area contributed by atoms with Crippen molar-refractivity contribution in [3.8, 4) is 0 Å². The van der Waals surface area contributed by atoms with Gasteiger partial charge < -0.3 is 21.6 Å². The highest BCUT2D eigenvalue weighted by Gasteiger charge is 2.10. The van der Waals surface area contributed by atoms with Crippen LogP contribution in [0.2, 0.25) is 5.15 Å². The van der Waals surface area contributed by atoms with Gasteiger partial charge in [0.15, 0.2) is 5.15 Å². The van der Waals surface area contributed by atoms with Crippen LogP contribution in [-0.4, -0.2) is 60.3 Å². The molecule has 0 radical (unpaired) electrons. The molecule has 0 aromatic carbocycles. The Labute approximate surface area is 163 Å². The standard InChI is InChI=1S/C12H15ClN6O3.C2H6.CH4S/c13-11-8(1-2-9(19-11)12(21)22)18-10(20)7-16-4-3-15-5-6-17-14;2*1-2/h1-2,5-6,16H,3-4,7,14H2,(H,18,20)(H,21,22);1-2H3;2H,1H3/b15-5?,17-6-;;. The van der Waals surface area contributed by atoms with Crippen molar-refractivity contribution >= 4 is 54.2 Å². The van der Waals surface area contributed by atoms with Crippen LogP contribution >= 0.6 is 24.2 Å². The molecule has 0 aliphatic rings. The molecule has 0 unspecified atom stereocenters. The number of carbonyl (C=O) groups excluding carboxylic acids is 1. The lowest BCUT2D eigenvalue weighted by molar-refractivity contribution is -0.115. The highest BCUT2D eigenvalue weighted by Crippen LogP contribution is 2.19. The van der Waals surface area contributed by atoms with E-state index >= 15 is 0 Å². The van der Waals surface area contributed by atoms with Gasteiger partial charge in [0, 0.05) is 12.8 Å². The van der Waals surface area contributed by atoms with Gasteiger partial charge in [0.1, 0.15) is 5.69 Å². The predicted molar refractivity (Wildman–Crippen MR) is 110 cm³/mol. The molecule has 1 heterocycles. The summed E-state index contributed by atoms with van der Waals surface area (Å²) in [5.41, 5.74) is 0.0515. The van der Waals surface area contributed by atoms with E-state index in [1.165, 1.54) is 24.6 Å². The van der Waals surface area contributed by atoms with Crippen LogP contribution in [-0.2, 0) is 4.79 Å². The fourth-order valence-electron chi connectivity index (χ4n) is 1.35. The number of hydrogen-bond acceptors (Lipinski definition) is 8. The third kappa shape index (κ3) is 12.2. The summed E-state index contributed by atoms with van der Waals surface area (Å²) in [6.07, 6.45) is 4.50. The number of halogens is 1. The largest absolute Gasteiger partial charge is 0.477 e. The summed E-state index contributed by atoms with van der Waals surface area (Å²) in [6, 6.07) is 2.64. The van der Waals surface area contributed by atoms with Gasteiger partial charge in [-0.3, -0.25) is 9.79 Å². The van der Waals surface area contributed by atoms with E-state index in [-0.39, 0.29) is 29.0 Å². The van der Waals surface area contributed by atoms with Crippen molar-refractivity contribution in [2.45, 2.75) is 13.8 Å². The molecule has 1 aromatic heterocycles. The number of hydrazone groups is 1. The van der Waals surface area contributed by atoms with E-state index in [1.54, 1.807) is 6.26 Å². The predicted octanol–water partition coefficient (Wildman–Crippen LogP) is 1.55. The summed E-state index contributed by atoms with van der Waals surface area (Å²) >= 11 is 9.33. The topological polar surface area (TPSA) is 142 Å². The molecule has 1 amide bonds. The molecule has 1 rings (SSSR count). The molecule has 0 fully saturated rings. The second kappa shape index (κ2) is 17.6. The van der Waals surface area contributed by atoms with Crippen molar-refractivity contribution in [1.29, 1.82) is 0 Å². The minimum absolute atomic E-state index is 0.0531. The van der Waals surface area contributed by atoms with Gasteiger partial charge in [-0.2, -0.15) is 17.7 Å². The van der Waals surface area contributed by atoms with Crippen molar-refractivity contribution in [3.05, 3.63) is 23.0 Å². The number of thiol groups is 1. The van der Waals surface area contributed by atoms with E-state index in [0.717, 1.165) is 0 Å². The number of hydrogen-bond donors (Lipinski definition) is 5. The number of carboxylic acid groups (broad SMARTS) is 1. The first-order valence-electron chi connectivity index (χ1n) is 7.61. The lowest BCUT2D eigenvalue weighted by Crippen LogP contribution is -2.30. The smallest absolute Gasteiger partial charge is 0.354 e. The minimum Gasteiger partial charge on any atom is -0.477 e. The third-order valence-electron chi connectivity index (χ3n) is 2.30. The zero-order valence-electron chi connectivity index (χ0n) is 14.9. The van der Waals surface area contributed by atoms with Crippen LogP contribution in [0.5, 0.6) is 0 Å². The average Bonchev–Trinajstić information content (AvgIpc) is 2.65. The number of aromatic nitrogens is 1. The van der Waals surface area contributed by atoms with Gasteiger partial charge in [-0.25, -0.2) is 9.78 Å². The van der Waals surface area contributed by atoms with Crippen molar-refractivity contribution in [2.75, 3.05) is 31.2 Å². The number of nitrogens with two attached hydrogens (primary N) is 1. The van der Waals surface area contributed by atoms with Crippen LogP contribution in [0.25, 0.3) is 0 Å². The van der Waals surface area contributed by atoms with Gasteiger partial charge in [0.25, 0.3) is 0 Å². The second-order valence-electron chi connectivity index (χ2n) is 3.92. The summed E-state index contributed by atoms with van der Waals surface area (Å²) in [5, 5.41) is 17.3. The zero-order valence-corrected chi connectivity index (χ0v) is 16.6. The molecule has 0 spiro atoms. The Balaban J connectivity index is 0. The molecule has 0 aliphatic heterocycles. The van der Waals surface area contributed by atoms with Gasteiger partial charge in [-0.15, -0.1) is 0 Å². The molecule has 9 nitrogen and oxygen atoms in total. The maximum absolute atomic E-state index is 11.7. The first kappa shape index (κ1) is 26.1. The van der Waals surface area contributed by atoms with Gasteiger partial charge in [0.2, 0.25) is 5.91 Å². The number of anilines is 1. The summed E-state index contributed by atoms with van der Waals surface area (Å²) in [7, 11) is 0. The third-order valence-corrected chi connectivity index (χ3v) is 2.59. The molecular formula is C15H25ClN6O3S. The highest BCUT2D eigenvalue weighted by molar-refractivity contribution is 7.79. The van der Waals surface area contributed by atoms with Crippen LogP contribution in [0.4, 0.5) is 5.69 Å². The van der Waals surface area contributed by atoms with E-state index in [2.05, 4.69) is 38.3 Å². The molecule has 5 N–H and O–H groups in total. The fourth-order valence-corrected chi connectivity index (χ4v) is 1.55. The maximum Gasteiger partial charge on any atom is 0.354 e. The second-order valence-corrected chi connectivity index (χ2v) is 4.28. The van der Waals surface area contributed by atoms with Gasteiger partial charge >= 0.3 is 5.97 Å². The first-order chi connectivity index (χ1) is 12.5. The van der Waals surface area contributed by atoms with Gasteiger partial charge in [0.05, 0.1) is 25.0 Å². The van der Waals surface area contributed by atoms with Gasteiger partial charge in [-0.1, -0.05) is 25.4 Å². The van der Waals surface area contributed by atoms with Crippen LogP contribution in [0.3, 0.4) is 0 Å². The van der Waals surface area contributed by atoms with Crippen molar-refractivity contribution in [2.24, 2.45) is 15.9 Å². The number of pyridine rings is 1. The van der Waals surface area contributed by atoms with E-state index < -0.39 is 5.97 Å². The maximum atomic E-state index is 11.7. The quantitative estimate of drug-likeness (QED) is 0.111. The Morgan fingerprint density at radius 1 is 1.35 bits per heavy atom. The number of amides is 1. The number of aliphatic imine (C=N–C) groups is 1. The van der Waals surface area contributed by atoms with Crippen molar-refractivity contribution in [1.82, 2.24) is 10.3 Å². The summed E-state index contributed by atoms with van der Waals surface area (Å²) in [4.78, 5) is 30.0. The Morgan fingerprint density at radius 3 is 2.54 bits per heavy atom. The van der Waals surface area contributed by atoms with E-state index in [1.807, 2.05) is 13.8 Å². The molecule has 11 heteroatoms. The molecule has 0 aliphatic carbocycles. The average molecular weight is 405 g/mol. The fraction of sp³-hybridized carbons (Fsp3) is 0.400. The lowest BCUT2D eigenvalue weighted by atomic mass is 10.3. The monoisotopic (exact) mass is 404 g/mol. The minimum atomic E-state index is -1.19. The van der Waals surface area contributed by atoms with Crippen molar-refractivity contribution < 1.29 is 14.7 Å². The van der Waals surface area contributed by atoms with Crippen molar-refractivity contribution in [3.63, 3.8) is 0 Å². The molecule has 146 valence electrons. The van der Waals surface area contributed by atoms with E-state index in [4.69, 9.17) is 22.6 Å². The lowest BCUT2D eigenvalue weighted by Gasteiger charge is -2.07. The Bertz CT molecular complexity index is 599. The normalized spacial score (nSPS) is 9.88. The number of carbonyl (C=O) groups is 2. The molecule has 1 aromatic rings. The molecule has 0 saturated heterocycles. The number of nitrogens with zero attached hydrogens (tertiary/aromatic N) is 3. The van der Waals surface area contributed by atoms with Crippen LogP contribution in [0, 0.1) is 0 Å². The number of aromatic carboxylic acids is 1. The van der Waals surface area contributed by atoms with E-state index in [0.29, 0.717) is 13.1 Å². The summed E-state index contributed by atoms with van der Waals surface area (Å²) in [5.74, 6) is 3.35.